The molecule has 1 aromatic rings. The van der Waals surface area contributed by atoms with Crippen molar-refractivity contribution in [2.45, 2.75) is 36.8 Å². The number of benzene rings is 1. The first-order valence-corrected chi connectivity index (χ1v) is 10.5. The maximum Gasteiger partial charge on any atom is 0.398 e. The molecule has 0 aromatic heterocycles. The van der Waals surface area contributed by atoms with E-state index in [1.807, 2.05) is 4.90 Å². The van der Waals surface area contributed by atoms with Gasteiger partial charge in [0.25, 0.3) is 0 Å². The number of alkyl halides is 3. The summed E-state index contributed by atoms with van der Waals surface area (Å²) in [5.74, 6) is -1.62. The van der Waals surface area contributed by atoms with Crippen molar-refractivity contribution in [1.82, 2.24) is 9.80 Å². The van der Waals surface area contributed by atoms with E-state index in [2.05, 4.69) is 5.32 Å². The fourth-order valence-corrected chi connectivity index (χ4v) is 4.33. The van der Waals surface area contributed by atoms with E-state index in [1.54, 1.807) is 29.2 Å². The van der Waals surface area contributed by atoms with Crippen LogP contribution in [0.3, 0.4) is 0 Å². The van der Waals surface area contributed by atoms with Crippen LogP contribution in [-0.2, 0) is 4.79 Å². The lowest BCUT2D eigenvalue weighted by atomic mass is 9.97. The maximum atomic E-state index is 12.7. The lowest BCUT2D eigenvalue weighted by molar-refractivity contribution is -0.121. The number of amides is 3. The smallest absolute Gasteiger partial charge is 0.325 e. The zero-order chi connectivity index (χ0) is 20.1. The highest BCUT2D eigenvalue weighted by Crippen LogP contribution is 2.32. The number of piperidine rings is 1. The molecule has 2 heterocycles. The van der Waals surface area contributed by atoms with Crippen LogP contribution >= 0.6 is 11.8 Å². The first kappa shape index (κ1) is 20.8. The molecule has 3 amide bonds. The first-order chi connectivity index (χ1) is 13.3. The SMILES string of the molecule is O=C(Nc1ccccc1SCC(F)(F)F)[C@@H]1CCCN(C(=O)N2CCCC2)C1. The molecule has 154 valence electrons. The number of nitrogens with zero attached hydrogens (tertiary/aromatic N) is 2. The third kappa shape index (κ3) is 5.56. The predicted molar refractivity (Wildman–Crippen MR) is 102 cm³/mol. The minimum atomic E-state index is -4.28. The zero-order valence-corrected chi connectivity index (χ0v) is 16.3. The Labute approximate surface area is 166 Å². The van der Waals surface area contributed by atoms with E-state index in [0.29, 0.717) is 41.9 Å². The van der Waals surface area contributed by atoms with Crippen LogP contribution in [0.5, 0.6) is 0 Å². The summed E-state index contributed by atoms with van der Waals surface area (Å²) in [6, 6.07) is 6.47. The molecule has 0 spiro atoms. The molecule has 0 bridgehead atoms. The topological polar surface area (TPSA) is 52.7 Å². The fraction of sp³-hybridized carbons (Fsp3) is 0.579. The lowest BCUT2D eigenvalue weighted by Crippen LogP contribution is -2.48. The van der Waals surface area contributed by atoms with Gasteiger partial charge in [0.2, 0.25) is 5.91 Å². The average Bonchev–Trinajstić information content (AvgIpc) is 3.21. The second-order valence-corrected chi connectivity index (χ2v) is 8.17. The third-order valence-corrected chi connectivity index (χ3v) is 6.11. The second kappa shape index (κ2) is 9.07. The molecule has 9 heteroatoms. The van der Waals surface area contributed by atoms with Crippen LogP contribution in [0.2, 0.25) is 0 Å². The zero-order valence-electron chi connectivity index (χ0n) is 15.5. The molecule has 28 heavy (non-hydrogen) atoms. The number of likely N-dealkylation sites (tertiary alicyclic amines) is 2. The number of carbonyl (C=O) groups excluding carboxylic acids is 2. The minimum Gasteiger partial charge on any atom is -0.325 e. The van der Waals surface area contributed by atoms with Crippen LogP contribution < -0.4 is 5.32 Å². The molecule has 0 saturated carbocycles. The molecule has 0 aliphatic carbocycles. The van der Waals surface area contributed by atoms with Crippen molar-refractivity contribution in [2.75, 3.05) is 37.2 Å². The van der Waals surface area contributed by atoms with Gasteiger partial charge >= 0.3 is 12.2 Å². The number of nitrogens with one attached hydrogen (secondary N) is 1. The van der Waals surface area contributed by atoms with Gasteiger partial charge in [-0.2, -0.15) is 13.2 Å². The van der Waals surface area contributed by atoms with Crippen LogP contribution in [0.15, 0.2) is 29.2 Å². The Morgan fingerprint density at radius 3 is 2.46 bits per heavy atom. The molecular formula is C19H24F3N3O2S. The largest absolute Gasteiger partial charge is 0.398 e. The first-order valence-electron chi connectivity index (χ1n) is 9.47. The van der Waals surface area contributed by atoms with E-state index in [-0.39, 0.29) is 17.9 Å². The van der Waals surface area contributed by atoms with Gasteiger partial charge in [-0.1, -0.05) is 12.1 Å². The number of rotatable bonds is 4. The van der Waals surface area contributed by atoms with Gasteiger partial charge in [-0.15, -0.1) is 11.8 Å². The average molecular weight is 415 g/mol. The van der Waals surface area contributed by atoms with Crippen LogP contribution in [-0.4, -0.2) is 59.8 Å². The fourth-order valence-electron chi connectivity index (χ4n) is 3.56. The Morgan fingerprint density at radius 1 is 1.07 bits per heavy atom. The molecule has 0 radical (unpaired) electrons. The van der Waals surface area contributed by atoms with Gasteiger partial charge in [-0.05, 0) is 37.8 Å². The molecule has 1 N–H and O–H groups in total. The number of hydrogen-bond acceptors (Lipinski definition) is 3. The minimum absolute atomic E-state index is 0.0175. The Balaban J connectivity index is 1.60. The van der Waals surface area contributed by atoms with Crippen molar-refractivity contribution >= 4 is 29.4 Å². The highest BCUT2D eigenvalue weighted by molar-refractivity contribution is 7.99. The van der Waals surface area contributed by atoms with Crippen LogP contribution in [0, 0.1) is 5.92 Å². The number of halogens is 3. The standard InChI is InChI=1S/C19H24F3N3O2S/c20-19(21,22)13-28-16-8-2-1-7-15(16)23-17(26)14-6-5-11-25(12-14)18(27)24-9-3-4-10-24/h1-2,7-8,14H,3-6,9-13H2,(H,23,26)/t14-/m1/s1. The number of urea groups is 1. The predicted octanol–water partition coefficient (Wildman–Crippen LogP) is 4.21. The molecule has 3 rings (SSSR count). The molecule has 1 aromatic carbocycles. The van der Waals surface area contributed by atoms with Gasteiger partial charge in [0, 0.05) is 31.1 Å². The van der Waals surface area contributed by atoms with E-state index >= 15 is 0 Å². The van der Waals surface area contributed by atoms with E-state index < -0.39 is 11.9 Å². The second-order valence-electron chi connectivity index (χ2n) is 7.15. The van der Waals surface area contributed by atoms with Crippen LogP contribution in [0.1, 0.15) is 25.7 Å². The van der Waals surface area contributed by atoms with Crippen LogP contribution in [0.25, 0.3) is 0 Å². The van der Waals surface area contributed by atoms with Crippen LogP contribution in [0.4, 0.5) is 23.7 Å². The van der Waals surface area contributed by atoms with Crippen molar-refractivity contribution in [3.63, 3.8) is 0 Å². The summed E-state index contributed by atoms with van der Waals surface area (Å²) < 4.78 is 37.6. The Hall–Kier alpha value is -1.90. The lowest BCUT2D eigenvalue weighted by Gasteiger charge is -2.34. The molecule has 2 aliphatic heterocycles. The number of thioether (sulfide) groups is 1. The summed E-state index contributed by atoms with van der Waals surface area (Å²) in [4.78, 5) is 29.2. The third-order valence-electron chi connectivity index (χ3n) is 4.98. The van der Waals surface area contributed by atoms with Crippen molar-refractivity contribution in [3.8, 4) is 0 Å². The summed E-state index contributed by atoms with van der Waals surface area (Å²) in [5.41, 5.74) is 0.379. The molecule has 1 atom stereocenters. The number of hydrogen-bond donors (Lipinski definition) is 1. The summed E-state index contributed by atoms with van der Waals surface area (Å²) >= 11 is 0.654. The summed E-state index contributed by atoms with van der Waals surface area (Å²) in [7, 11) is 0. The maximum absolute atomic E-state index is 12.7. The number of carbonyl (C=O) groups is 2. The van der Waals surface area contributed by atoms with Crippen molar-refractivity contribution in [1.29, 1.82) is 0 Å². The Kier molecular flexibility index (Phi) is 6.74. The number of anilines is 1. The molecule has 2 fully saturated rings. The van der Waals surface area contributed by atoms with Gasteiger partial charge in [-0.3, -0.25) is 4.79 Å². The number of para-hydroxylation sites is 1. The molecule has 2 aliphatic rings. The highest BCUT2D eigenvalue weighted by Gasteiger charge is 2.32. The molecular weight excluding hydrogens is 391 g/mol. The molecule has 2 saturated heterocycles. The quantitative estimate of drug-likeness (QED) is 0.750. The van der Waals surface area contributed by atoms with Crippen molar-refractivity contribution < 1.29 is 22.8 Å². The van der Waals surface area contributed by atoms with Gasteiger partial charge in [0.15, 0.2) is 0 Å². The monoisotopic (exact) mass is 415 g/mol. The molecule has 5 nitrogen and oxygen atoms in total. The van der Waals surface area contributed by atoms with E-state index in [9.17, 15) is 22.8 Å². The van der Waals surface area contributed by atoms with E-state index in [1.165, 1.54) is 0 Å². The summed E-state index contributed by atoms with van der Waals surface area (Å²) in [6.07, 6.45) is -0.858. The molecule has 0 unspecified atom stereocenters. The van der Waals surface area contributed by atoms with E-state index in [0.717, 1.165) is 32.4 Å². The normalized spacial score (nSPS) is 20.3. The summed E-state index contributed by atoms with van der Waals surface area (Å²) in [6.45, 7) is 2.50. The van der Waals surface area contributed by atoms with E-state index in [4.69, 9.17) is 0 Å². The Bertz CT molecular complexity index is 708. The Morgan fingerprint density at radius 2 is 1.75 bits per heavy atom. The van der Waals surface area contributed by atoms with Crippen molar-refractivity contribution in [2.24, 2.45) is 5.92 Å². The van der Waals surface area contributed by atoms with Gasteiger partial charge in [0.1, 0.15) is 0 Å². The van der Waals surface area contributed by atoms with Gasteiger partial charge in [-0.25, -0.2) is 4.79 Å². The van der Waals surface area contributed by atoms with Gasteiger partial charge < -0.3 is 15.1 Å². The highest BCUT2D eigenvalue weighted by atomic mass is 32.2. The summed E-state index contributed by atoms with van der Waals surface area (Å²) in [5, 5.41) is 2.77. The van der Waals surface area contributed by atoms with Gasteiger partial charge in [0.05, 0.1) is 17.4 Å². The van der Waals surface area contributed by atoms with Crippen molar-refractivity contribution in [3.05, 3.63) is 24.3 Å².